The third-order valence-corrected chi connectivity index (χ3v) is 3.54. The topological polar surface area (TPSA) is 38.7 Å². The number of hydrogen-bond acceptors (Lipinski definition) is 3. The molecular weight excluding hydrogens is 204 g/mol. The van der Waals surface area contributed by atoms with Crippen molar-refractivity contribution in [2.75, 3.05) is 13.2 Å². The molecule has 2 aliphatic rings. The average Bonchev–Trinajstić information content (AvgIpc) is 3.03. The average molecular weight is 220 g/mol. The van der Waals surface area contributed by atoms with Crippen LogP contribution in [0.15, 0.2) is 6.07 Å². The molecule has 0 amide bonds. The largest absolute Gasteiger partial charge is 0.486 e. The first-order valence-electron chi connectivity index (χ1n) is 5.74. The van der Waals surface area contributed by atoms with Gasteiger partial charge in [-0.15, -0.1) is 0 Å². The second-order valence-electron chi connectivity index (χ2n) is 4.75. The zero-order chi connectivity index (χ0) is 11.3. The summed E-state index contributed by atoms with van der Waals surface area (Å²) in [7, 11) is 0. The Balaban J connectivity index is 2.21. The van der Waals surface area contributed by atoms with Gasteiger partial charge in [-0.2, -0.15) is 0 Å². The van der Waals surface area contributed by atoms with Gasteiger partial charge < -0.3 is 14.6 Å². The molecule has 0 atom stereocenters. The minimum Gasteiger partial charge on any atom is -0.486 e. The molecule has 1 saturated carbocycles. The molecule has 1 fully saturated rings. The lowest BCUT2D eigenvalue weighted by molar-refractivity contribution is 0.130. The van der Waals surface area contributed by atoms with Crippen LogP contribution in [-0.2, 0) is 5.60 Å². The zero-order valence-electron chi connectivity index (χ0n) is 9.67. The molecule has 3 nitrogen and oxygen atoms in total. The Hall–Kier alpha value is -1.22. The van der Waals surface area contributed by atoms with E-state index in [-0.39, 0.29) is 0 Å². The molecule has 1 heterocycles. The van der Waals surface area contributed by atoms with Crippen molar-refractivity contribution >= 4 is 0 Å². The van der Waals surface area contributed by atoms with E-state index >= 15 is 0 Å². The molecule has 1 aromatic carbocycles. The van der Waals surface area contributed by atoms with Crippen LogP contribution in [0.4, 0.5) is 0 Å². The Labute approximate surface area is 95.0 Å². The zero-order valence-corrected chi connectivity index (χ0v) is 9.67. The van der Waals surface area contributed by atoms with E-state index in [2.05, 4.69) is 0 Å². The maximum Gasteiger partial charge on any atom is 0.167 e. The molecule has 0 radical (unpaired) electrons. The number of benzene rings is 1. The summed E-state index contributed by atoms with van der Waals surface area (Å²) in [5.41, 5.74) is 2.51. The van der Waals surface area contributed by atoms with E-state index in [1.807, 2.05) is 19.9 Å². The fourth-order valence-electron chi connectivity index (χ4n) is 2.20. The van der Waals surface area contributed by atoms with Gasteiger partial charge in [-0.3, -0.25) is 0 Å². The van der Waals surface area contributed by atoms with Crippen LogP contribution >= 0.6 is 0 Å². The minimum atomic E-state index is -0.663. The predicted molar refractivity (Wildman–Crippen MR) is 60.0 cm³/mol. The van der Waals surface area contributed by atoms with Gasteiger partial charge in [0, 0.05) is 5.56 Å². The van der Waals surface area contributed by atoms with E-state index in [0.29, 0.717) is 13.2 Å². The van der Waals surface area contributed by atoms with E-state index in [9.17, 15) is 5.11 Å². The van der Waals surface area contributed by atoms with E-state index in [1.54, 1.807) is 0 Å². The highest BCUT2D eigenvalue weighted by Crippen LogP contribution is 2.53. The number of fused-ring (bicyclic) bond motifs is 1. The van der Waals surface area contributed by atoms with Crippen LogP contribution in [0.2, 0.25) is 0 Å². The van der Waals surface area contributed by atoms with Gasteiger partial charge in [-0.1, -0.05) is 0 Å². The molecule has 0 unspecified atom stereocenters. The van der Waals surface area contributed by atoms with Crippen LogP contribution in [0.1, 0.15) is 29.5 Å². The van der Waals surface area contributed by atoms with E-state index in [0.717, 1.165) is 41.0 Å². The normalized spacial score (nSPS) is 20.7. The summed E-state index contributed by atoms with van der Waals surface area (Å²) in [5.74, 6) is 1.58. The Kier molecular flexibility index (Phi) is 1.96. The maximum atomic E-state index is 10.2. The molecule has 1 aromatic rings. The molecular formula is C13H16O3. The van der Waals surface area contributed by atoms with Gasteiger partial charge in [0.2, 0.25) is 0 Å². The second kappa shape index (κ2) is 3.14. The van der Waals surface area contributed by atoms with Crippen LogP contribution in [0, 0.1) is 13.8 Å². The van der Waals surface area contributed by atoms with Crippen molar-refractivity contribution in [3.8, 4) is 11.5 Å². The van der Waals surface area contributed by atoms with Crippen LogP contribution in [-0.4, -0.2) is 18.3 Å². The molecule has 3 heteroatoms. The lowest BCUT2D eigenvalue weighted by Gasteiger charge is -2.25. The predicted octanol–water partition coefficient (Wildman–Crippen LogP) is 2.06. The molecule has 0 aromatic heterocycles. The molecule has 1 aliphatic heterocycles. The lowest BCUT2D eigenvalue weighted by atomic mass is 9.98. The number of aryl methyl sites for hydroxylation is 1. The molecule has 0 bridgehead atoms. The Morgan fingerprint density at radius 3 is 2.38 bits per heavy atom. The monoisotopic (exact) mass is 220 g/mol. The standard InChI is InChI=1S/C13H16O3/c1-8-7-10(13(14)3-4-13)12-11(9(8)2)15-5-6-16-12/h7,14H,3-6H2,1-2H3. The Bertz CT molecular complexity index is 447. The van der Waals surface area contributed by atoms with Crippen molar-refractivity contribution in [3.05, 3.63) is 22.8 Å². The fourth-order valence-corrected chi connectivity index (χ4v) is 2.20. The SMILES string of the molecule is Cc1cc(C2(O)CC2)c2c(c1C)OCCO2. The van der Waals surface area contributed by atoms with Gasteiger partial charge in [0.05, 0.1) is 5.60 Å². The van der Waals surface area contributed by atoms with Crippen LogP contribution in [0.3, 0.4) is 0 Å². The van der Waals surface area contributed by atoms with Crippen LogP contribution < -0.4 is 9.47 Å². The van der Waals surface area contributed by atoms with Crippen molar-refractivity contribution in [3.63, 3.8) is 0 Å². The summed E-state index contributed by atoms with van der Waals surface area (Å²) >= 11 is 0. The smallest absolute Gasteiger partial charge is 0.167 e. The van der Waals surface area contributed by atoms with E-state index < -0.39 is 5.60 Å². The third-order valence-electron chi connectivity index (χ3n) is 3.54. The first-order chi connectivity index (χ1) is 7.62. The molecule has 0 saturated heterocycles. The van der Waals surface area contributed by atoms with Gasteiger partial charge in [0.25, 0.3) is 0 Å². The highest BCUT2D eigenvalue weighted by molar-refractivity contribution is 5.58. The van der Waals surface area contributed by atoms with Gasteiger partial charge >= 0.3 is 0 Å². The number of rotatable bonds is 1. The lowest BCUT2D eigenvalue weighted by Crippen LogP contribution is -2.20. The third kappa shape index (κ3) is 1.31. The first kappa shape index (κ1) is 9.97. The van der Waals surface area contributed by atoms with Crippen molar-refractivity contribution in [1.82, 2.24) is 0 Å². The summed E-state index contributed by atoms with van der Waals surface area (Å²) in [6.45, 7) is 5.24. The summed E-state index contributed by atoms with van der Waals surface area (Å²) < 4.78 is 11.3. The first-order valence-corrected chi connectivity index (χ1v) is 5.74. The molecule has 86 valence electrons. The van der Waals surface area contributed by atoms with Crippen LogP contribution in [0.25, 0.3) is 0 Å². The van der Waals surface area contributed by atoms with Crippen molar-refractivity contribution in [2.24, 2.45) is 0 Å². The second-order valence-corrected chi connectivity index (χ2v) is 4.75. The molecule has 1 aliphatic carbocycles. The van der Waals surface area contributed by atoms with Gasteiger partial charge in [0.15, 0.2) is 11.5 Å². The molecule has 3 rings (SSSR count). The van der Waals surface area contributed by atoms with Crippen molar-refractivity contribution in [1.29, 1.82) is 0 Å². The molecule has 16 heavy (non-hydrogen) atoms. The van der Waals surface area contributed by atoms with E-state index in [4.69, 9.17) is 9.47 Å². The van der Waals surface area contributed by atoms with Gasteiger partial charge in [-0.05, 0) is 43.9 Å². The number of ether oxygens (including phenoxy) is 2. The maximum absolute atomic E-state index is 10.2. The summed E-state index contributed by atoms with van der Waals surface area (Å²) in [6.07, 6.45) is 1.65. The highest BCUT2D eigenvalue weighted by atomic mass is 16.6. The Morgan fingerprint density at radius 2 is 1.75 bits per heavy atom. The molecule has 0 spiro atoms. The quantitative estimate of drug-likeness (QED) is 0.787. The van der Waals surface area contributed by atoms with Gasteiger partial charge in [-0.25, -0.2) is 0 Å². The number of aliphatic hydroxyl groups is 1. The summed E-state index contributed by atoms with van der Waals surface area (Å²) in [6, 6.07) is 2.04. The summed E-state index contributed by atoms with van der Waals surface area (Å²) in [4.78, 5) is 0. The van der Waals surface area contributed by atoms with Gasteiger partial charge in [0.1, 0.15) is 13.2 Å². The van der Waals surface area contributed by atoms with Crippen molar-refractivity contribution in [2.45, 2.75) is 32.3 Å². The number of hydrogen-bond donors (Lipinski definition) is 1. The minimum absolute atomic E-state index is 0.568. The molecule has 1 N–H and O–H groups in total. The summed E-state index contributed by atoms with van der Waals surface area (Å²) in [5, 5.41) is 10.2. The highest BCUT2D eigenvalue weighted by Gasteiger charge is 2.45. The van der Waals surface area contributed by atoms with Crippen molar-refractivity contribution < 1.29 is 14.6 Å². The Morgan fingerprint density at radius 1 is 1.12 bits per heavy atom. The van der Waals surface area contributed by atoms with E-state index in [1.165, 1.54) is 0 Å². The fraction of sp³-hybridized carbons (Fsp3) is 0.538. The van der Waals surface area contributed by atoms with Crippen LogP contribution in [0.5, 0.6) is 11.5 Å².